The van der Waals surface area contributed by atoms with Gasteiger partial charge in [-0.05, 0) is 24.1 Å². The van der Waals surface area contributed by atoms with Crippen molar-refractivity contribution in [3.8, 4) is 0 Å². The first-order valence-corrected chi connectivity index (χ1v) is 9.40. The van der Waals surface area contributed by atoms with Crippen molar-refractivity contribution < 1.29 is 9.59 Å². The molecule has 1 atom stereocenters. The van der Waals surface area contributed by atoms with Gasteiger partial charge in [0.05, 0.1) is 12.8 Å². The molecular formula is C22H20N4O2. The molecule has 2 aliphatic rings. The number of aromatic nitrogens is 1. The molecule has 5 rings (SSSR count). The van der Waals surface area contributed by atoms with E-state index in [2.05, 4.69) is 16.2 Å². The van der Waals surface area contributed by atoms with E-state index in [1.807, 2.05) is 49.4 Å². The third-order valence-corrected chi connectivity index (χ3v) is 5.54. The van der Waals surface area contributed by atoms with E-state index in [0.29, 0.717) is 13.0 Å². The molecule has 140 valence electrons. The van der Waals surface area contributed by atoms with Gasteiger partial charge in [0.2, 0.25) is 5.91 Å². The largest absolute Gasteiger partial charge is 0.357 e. The number of carbonyl (C=O) groups excluding carboxylic acids is 2. The van der Waals surface area contributed by atoms with Crippen LogP contribution in [0.5, 0.6) is 0 Å². The standard InChI is InChI=1S/C22H20N4O2/c1-14-5-4-6-15(9-14)11-23-26-13-21(27)25-12-19-17(10-20(25)22(26)28)16-7-2-3-8-18(16)24-19/h2-9,11,20,24H,10,12-13H2,1H3. The number of carbonyl (C=O) groups is 2. The fraction of sp³-hybridized carbons (Fsp3) is 0.227. The normalized spacial score (nSPS) is 19.4. The maximum Gasteiger partial charge on any atom is 0.266 e. The summed E-state index contributed by atoms with van der Waals surface area (Å²) in [5.74, 6) is -0.199. The van der Waals surface area contributed by atoms with E-state index in [-0.39, 0.29) is 18.4 Å². The Balaban J connectivity index is 1.45. The van der Waals surface area contributed by atoms with Gasteiger partial charge < -0.3 is 9.88 Å². The number of hydrogen-bond donors (Lipinski definition) is 1. The van der Waals surface area contributed by atoms with Crippen LogP contribution in [0.2, 0.25) is 0 Å². The average molecular weight is 372 g/mol. The fourth-order valence-electron chi connectivity index (χ4n) is 4.14. The number of para-hydroxylation sites is 1. The van der Waals surface area contributed by atoms with Gasteiger partial charge in [-0.15, -0.1) is 0 Å². The first-order chi connectivity index (χ1) is 13.6. The number of piperazine rings is 1. The molecule has 1 N–H and O–H groups in total. The third-order valence-electron chi connectivity index (χ3n) is 5.54. The second-order valence-corrected chi connectivity index (χ2v) is 7.42. The number of hydrogen-bond acceptors (Lipinski definition) is 3. The molecule has 3 aromatic rings. The molecule has 3 heterocycles. The Hall–Kier alpha value is -3.41. The Kier molecular flexibility index (Phi) is 3.79. The van der Waals surface area contributed by atoms with Crippen LogP contribution < -0.4 is 0 Å². The molecule has 6 nitrogen and oxygen atoms in total. The van der Waals surface area contributed by atoms with Crippen molar-refractivity contribution in [2.45, 2.75) is 25.9 Å². The van der Waals surface area contributed by atoms with Gasteiger partial charge in [0.25, 0.3) is 5.91 Å². The average Bonchev–Trinajstić information content (AvgIpc) is 3.06. The molecule has 28 heavy (non-hydrogen) atoms. The molecule has 0 bridgehead atoms. The number of rotatable bonds is 2. The zero-order valence-corrected chi connectivity index (χ0v) is 15.6. The van der Waals surface area contributed by atoms with Crippen LogP contribution >= 0.6 is 0 Å². The van der Waals surface area contributed by atoms with Gasteiger partial charge >= 0.3 is 0 Å². The number of H-pyrrole nitrogens is 1. The summed E-state index contributed by atoms with van der Waals surface area (Å²) in [6.45, 7) is 2.42. The van der Waals surface area contributed by atoms with E-state index in [4.69, 9.17) is 0 Å². The van der Waals surface area contributed by atoms with Gasteiger partial charge in [-0.25, -0.2) is 5.01 Å². The summed E-state index contributed by atoms with van der Waals surface area (Å²) in [4.78, 5) is 30.9. The minimum absolute atomic E-state index is 0.0206. The van der Waals surface area contributed by atoms with Gasteiger partial charge in [-0.3, -0.25) is 9.59 Å². The number of hydrazone groups is 1. The summed E-state index contributed by atoms with van der Waals surface area (Å²) in [5.41, 5.74) is 5.22. The highest BCUT2D eigenvalue weighted by molar-refractivity contribution is 5.97. The Morgan fingerprint density at radius 3 is 2.82 bits per heavy atom. The van der Waals surface area contributed by atoms with Crippen LogP contribution in [0.4, 0.5) is 0 Å². The van der Waals surface area contributed by atoms with Crippen LogP contribution in [0.25, 0.3) is 10.9 Å². The van der Waals surface area contributed by atoms with Crippen LogP contribution in [-0.2, 0) is 22.6 Å². The van der Waals surface area contributed by atoms with Crippen LogP contribution in [0.3, 0.4) is 0 Å². The quantitative estimate of drug-likeness (QED) is 0.703. The lowest BCUT2D eigenvalue weighted by atomic mass is 9.94. The van der Waals surface area contributed by atoms with Crippen molar-refractivity contribution >= 4 is 28.9 Å². The summed E-state index contributed by atoms with van der Waals surface area (Å²) in [6, 6.07) is 15.4. The van der Waals surface area contributed by atoms with Gasteiger partial charge in [0.1, 0.15) is 12.6 Å². The number of aryl methyl sites for hydroxylation is 1. The number of benzene rings is 2. The van der Waals surface area contributed by atoms with E-state index < -0.39 is 6.04 Å². The Labute approximate surface area is 162 Å². The maximum absolute atomic E-state index is 13.1. The molecule has 0 spiro atoms. The number of amides is 2. The SMILES string of the molecule is Cc1cccc(C=NN2CC(=O)N3Cc4[nH]c5ccccc5c4CC3C2=O)c1. The minimum Gasteiger partial charge on any atom is -0.357 e. The Bertz CT molecular complexity index is 1130. The van der Waals surface area contributed by atoms with Crippen molar-refractivity contribution in [1.29, 1.82) is 0 Å². The highest BCUT2D eigenvalue weighted by atomic mass is 16.2. The van der Waals surface area contributed by atoms with E-state index in [9.17, 15) is 9.59 Å². The first kappa shape index (κ1) is 16.7. The molecule has 2 aromatic carbocycles. The van der Waals surface area contributed by atoms with E-state index >= 15 is 0 Å². The van der Waals surface area contributed by atoms with Crippen LogP contribution in [0, 0.1) is 6.92 Å². The zero-order chi connectivity index (χ0) is 19.3. The van der Waals surface area contributed by atoms with Gasteiger partial charge in [-0.1, -0.05) is 48.0 Å². The molecule has 0 saturated carbocycles. The van der Waals surface area contributed by atoms with Crippen molar-refractivity contribution in [2.75, 3.05) is 6.54 Å². The second kappa shape index (κ2) is 6.34. The minimum atomic E-state index is -0.498. The predicted octanol–water partition coefficient (Wildman–Crippen LogP) is 2.61. The Morgan fingerprint density at radius 1 is 1.11 bits per heavy atom. The van der Waals surface area contributed by atoms with Crippen LogP contribution in [-0.4, -0.2) is 45.5 Å². The molecule has 2 aliphatic heterocycles. The Morgan fingerprint density at radius 2 is 1.96 bits per heavy atom. The second-order valence-electron chi connectivity index (χ2n) is 7.42. The monoisotopic (exact) mass is 372 g/mol. The molecule has 0 aliphatic carbocycles. The molecule has 1 unspecified atom stereocenters. The summed E-state index contributed by atoms with van der Waals surface area (Å²) < 4.78 is 0. The molecular weight excluding hydrogens is 352 g/mol. The molecule has 1 fully saturated rings. The number of fused-ring (bicyclic) bond motifs is 4. The summed E-state index contributed by atoms with van der Waals surface area (Å²) in [7, 11) is 0. The van der Waals surface area contributed by atoms with Crippen molar-refractivity contribution in [3.63, 3.8) is 0 Å². The smallest absolute Gasteiger partial charge is 0.266 e. The molecule has 1 aromatic heterocycles. The van der Waals surface area contributed by atoms with E-state index in [1.165, 1.54) is 5.01 Å². The van der Waals surface area contributed by atoms with Crippen molar-refractivity contribution in [3.05, 3.63) is 70.9 Å². The summed E-state index contributed by atoms with van der Waals surface area (Å²) in [5, 5.41) is 6.76. The van der Waals surface area contributed by atoms with Crippen molar-refractivity contribution in [2.24, 2.45) is 5.10 Å². The van der Waals surface area contributed by atoms with Crippen LogP contribution in [0.15, 0.2) is 53.6 Å². The molecule has 0 radical (unpaired) electrons. The van der Waals surface area contributed by atoms with Gasteiger partial charge in [-0.2, -0.15) is 5.10 Å². The highest BCUT2D eigenvalue weighted by Gasteiger charge is 2.43. The topological polar surface area (TPSA) is 68.8 Å². The first-order valence-electron chi connectivity index (χ1n) is 9.40. The number of aromatic amines is 1. The van der Waals surface area contributed by atoms with Gasteiger partial charge in [0, 0.05) is 23.0 Å². The van der Waals surface area contributed by atoms with Gasteiger partial charge in [0.15, 0.2) is 0 Å². The van der Waals surface area contributed by atoms with Crippen molar-refractivity contribution in [1.82, 2.24) is 14.9 Å². The lowest BCUT2D eigenvalue weighted by molar-refractivity contribution is -0.157. The van der Waals surface area contributed by atoms with Crippen LogP contribution in [0.1, 0.15) is 22.4 Å². The third kappa shape index (κ3) is 2.69. The zero-order valence-electron chi connectivity index (χ0n) is 15.6. The maximum atomic E-state index is 13.1. The predicted molar refractivity (Wildman–Crippen MR) is 107 cm³/mol. The van der Waals surface area contributed by atoms with E-state index in [1.54, 1.807) is 11.1 Å². The van der Waals surface area contributed by atoms with E-state index in [0.717, 1.165) is 33.3 Å². The lowest BCUT2D eigenvalue weighted by Gasteiger charge is -2.40. The molecule has 6 heteroatoms. The lowest BCUT2D eigenvalue weighted by Crippen LogP contribution is -2.60. The number of nitrogens with one attached hydrogen (secondary N) is 1. The molecule has 2 amide bonds. The highest BCUT2D eigenvalue weighted by Crippen LogP contribution is 2.32. The fourth-order valence-corrected chi connectivity index (χ4v) is 4.14. The summed E-state index contributed by atoms with van der Waals surface area (Å²) >= 11 is 0. The molecule has 1 saturated heterocycles. The summed E-state index contributed by atoms with van der Waals surface area (Å²) in [6.07, 6.45) is 2.16. The number of nitrogens with zero attached hydrogens (tertiary/aromatic N) is 3.